The quantitative estimate of drug-likeness (QED) is 0.0228. The highest BCUT2D eigenvalue weighted by atomic mass is 16.7. The van der Waals surface area contributed by atoms with Crippen molar-refractivity contribution in [2.75, 3.05) is 13.2 Å². The topological polar surface area (TPSA) is 175 Å². The van der Waals surface area contributed by atoms with E-state index in [9.17, 15) is 34.5 Å². The number of carboxylic acids is 1. The summed E-state index contributed by atoms with van der Waals surface area (Å²) in [5.74, 6) is -3.09. The second-order valence-corrected chi connectivity index (χ2v) is 21.4. The molecule has 0 aliphatic carbocycles. The third-order valence-electron chi connectivity index (χ3n) is 14.3. The van der Waals surface area contributed by atoms with Crippen molar-refractivity contribution < 1.29 is 58.2 Å². The molecule has 12 nitrogen and oxygen atoms in total. The molecule has 6 atom stereocenters. The van der Waals surface area contributed by atoms with Gasteiger partial charge in [0, 0.05) is 19.3 Å². The molecule has 1 rings (SSSR count). The fourth-order valence-electron chi connectivity index (χ4n) is 9.60. The van der Waals surface area contributed by atoms with Gasteiger partial charge in [-0.3, -0.25) is 14.4 Å². The average molecular weight is 1040 g/mol. The van der Waals surface area contributed by atoms with Crippen molar-refractivity contribution in [3.05, 3.63) is 12.2 Å². The first-order valence-corrected chi connectivity index (χ1v) is 30.7. The summed E-state index contributed by atoms with van der Waals surface area (Å²) in [5, 5.41) is 31.5. The van der Waals surface area contributed by atoms with Crippen molar-refractivity contribution in [2.45, 2.75) is 340 Å². The SMILES string of the molecule is CCCCCCCC/C=C\CCCCCCCCCC(=O)OC1C(OCC(COC(=O)CCCCCCCCCCCCCCCCCCC)OC(=O)CCCCCCCCCCC)OC(C(=O)O)C(O)C1O. The molecule has 1 heterocycles. The molecule has 3 N–H and O–H groups in total. The van der Waals surface area contributed by atoms with Gasteiger partial charge in [-0.05, 0) is 44.9 Å². The van der Waals surface area contributed by atoms with Crippen LogP contribution in [0.15, 0.2) is 12.2 Å². The first-order valence-electron chi connectivity index (χ1n) is 30.7. The normalized spacial score (nSPS) is 18.3. The molecule has 0 aromatic heterocycles. The molecule has 1 aliphatic rings. The highest BCUT2D eigenvalue weighted by molar-refractivity contribution is 5.74. The van der Waals surface area contributed by atoms with E-state index in [2.05, 4.69) is 32.9 Å². The number of hydrogen-bond acceptors (Lipinski definition) is 11. The van der Waals surface area contributed by atoms with Crippen molar-refractivity contribution in [3.63, 3.8) is 0 Å². The van der Waals surface area contributed by atoms with Crippen LogP contribution in [-0.2, 0) is 42.9 Å². The molecule has 6 unspecified atom stereocenters. The van der Waals surface area contributed by atoms with Crippen LogP contribution in [0.25, 0.3) is 0 Å². The third kappa shape index (κ3) is 40.4. The highest BCUT2D eigenvalue weighted by Gasteiger charge is 2.50. The summed E-state index contributed by atoms with van der Waals surface area (Å²) in [6, 6.07) is 0. The second kappa shape index (κ2) is 50.3. The number of carbonyl (C=O) groups is 4. The lowest BCUT2D eigenvalue weighted by molar-refractivity contribution is -0.301. The number of ether oxygens (including phenoxy) is 5. The number of unbranched alkanes of at least 4 members (excludes halogenated alkanes) is 37. The Bertz CT molecular complexity index is 1320. The summed E-state index contributed by atoms with van der Waals surface area (Å²) < 4.78 is 28.4. The number of esters is 3. The van der Waals surface area contributed by atoms with Gasteiger partial charge in [0.25, 0.3) is 0 Å². The maximum Gasteiger partial charge on any atom is 0.335 e. The zero-order chi connectivity index (χ0) is 53.3. The van der Waals surface area contributed by atoms with Crippen molar-refractivity contribution in [1.82, 2.24) is 0 Å². The average Bonchev–Trinajstić information content (AvgIpc) is 3.37. The molecule has 1 aliphatic heterocycles. The van der Waals surface area contributed by atoms with E-state index in [0.29, 0.717) is 19.3 Å². The minimum atomic E-state index is -1.90. The van der Waals surface area contributed by atoms with Gasteiger partial charge in [0.2, 0.25) is 0 Å². The van der Waals surface area contributed by atoms with Crippen LogP contribution in [0, 0.1) is 0 Å². The maximum absolute atomic E-state index is 13.1. The minimum absolute atomic E-state index is 0.0618. The highest BCUT2D eigenvalue weighted by Crippen LogP contribution is 2.27. The third-order valence-corrected chi connectivity index (χ3v) is 14.3. The smallest absolute Gasteiger partial charge is 0.335 e. The van der Waals surface area contributed by atoms with Gasteiger partial charge >= 0.3 is 23.9 Å². The number of aliphatic carboxylic acids is 1. The van der Waals surface area contributed by atoms with Crippen LogP contribution < -0.4 is 0 Å². The molecule has 1 saturated heterocycles. The van der Waals surface area contributed by atoms with Gasteiger partial charge in [-0.25, -0.2) is 4.79 Å². The Kier molecular flexibility index (Phi) is 47.2. The van der Waals surface area contributed by atoms with E-state index in [0.717, 1.165) is 70.6 Å². The van der Waals surface area contributed by atoms with Crippen LogP contribution in [0.3, 0.4) is 0 Å². The molecule has 0 spiro atoms. The number of carbonyl (C=O) groups excluding carboxylic acids is 3. The van der Waals surface area contributed by atoms with E-state index in [1.807, 2.05) is 0 Å². The van der Waals surface area contributed by atoms with E-state index < -0.39 is 67.3 Å². The van der Waals surface area contributed by atoms with Gasteiger partial charge in [0.1, 0.15) is 18.8 Å². The van der Waals surface area contributed by atoms with Crippen LogP contribution in [0.5, 0.6) is 0 Å². The number of hydrogen-bond donors (Lipinski definition) is 3. The van der Waals surface area contributed by atoms with E-state index in [-0.39, 0.29) is 25.9 Å². The van der Waals surface area contributed by atoms with Gasteiger partial charge in [0.15, 0.2) is 24.6 Å². The molecule has 1 fully saturated rings. The van der Waals surface area contributed by atoms with Crippen LogP contribution in [0.1, 0.15) is 303 Å². The molecule has 0 amide bonds. The summed E-state index contributed by atoms with van der Waals surface area (Å²) >= 11 is 0. The number of aliphatic hydroxyl groups is 2. The molecule has 0 aromatic carbocycles. The van der Waals surface area contributed by atoms with Crippen molar-refractivity contribution in [2.24, 2.45) is 0 Å². The minimum Gasteiger partial charge on any atom is -0.479 e. The Morgan fingerprint density at radius 1 is 0.438 bits per heavy atom. The molecule has 0 saturated carbocycles. The van der Waals surface area contributed by atoms with E-state index >= 15 is 0 Å². The van der Waals surface area contributed by atoms with E-state index in [1.54, 1.807) is 0 Å². The lowest BCUT2D eigenvalue weighted by Crippen LogP contribution is -2.61. The van der Waals surface area contributed by atoms with Crippen molar-refractivity contribution in [3.8, 4) is 0 Å². The molecule has 0 bridgehead atoms. The van der Waals surface area contributed by atoms with Crippen LogP contribution in [-0.4, -0.2) is 89.2 Å². The summed E-state index contributed by atoms with van der Waals surface area (Å²) in [4.78, 5) is 51.0. The Labute approximate surface area is 446 Å². The number of carboxylic acid groups (broad SMARTS) is 1. The first kappa shape index (κ1) is 68.5. The predicted molar refractivity (Wildman–Crippen MR) is 294 cm³/mol. The van der Waals surface area contributed by atoms with E-state index in [1.165, 1.54) is 173 Å². The van der Waals surface area contributed by atoms with Crippen molar-refractivity contribution >= 4 is 23.9 Å². The van der Waals surface area contributed by atoms with Crippen LogP contribution in [0.4, 0.5) is 0 Å². The Balaban J connectivity index is 2.60. The lowest BCUT2D eigenvalue weighted by atomic mass is 9.98. The van der Waals surface area contributed by atoms with Crippen LogP contribution >= 0.6 is 0 Å². The lowest BCUT2D eigenvalue weighted by Gasteiger charge is -2.40. The first-order chi connectivity index (χ1) is 35.6. The largest absolute Gasteiger partial charge is 0.479 e. The molecule has 428 valence electrons. The molecular weight excluding hydrogens is 925 g/mol. The van der Waals surface area contributed by atoms with Gasteiger partial charge < -0.3 is 39.0 Å². The van der Waals surface area contributed by atoms with Gasteiger partial charge in [-0.2, -0.15) is 0 Å². The van der Waals surface area contributed by atoms with Crippen molar-refractivity contribution in [1.29, 1.82) is 0 Å². The maximum atomic E-state index is 13.1. The number of allylic oxidation sites excluding steroid dienone is 2. The van der Waals surface area contributed by atoms with E-state index in [4.69, 9.17) is 23.7 Å². The van der Waals surface area contributed by atoms with Gasteiger partial charge in [-0.1, -0.05) is 251 Å². The van der Waals surface area contributed by atoms with Gasteiger partial charge in [-0.15, -0.1) is 0 Å². The molecule has 73 heavy (non-hydrogen) atoms. The summed E-state index contributed by atoms with van der Waals surface area (Å²) in [7, 11) is 0. The number of aliphatic hydroxyl groups excluding tert-OH is 2. The molecule has 0 radical (unpaired) electrons. The zero-order valence-corrected chi connectivity index (χ0v) is 47.2. The number of rotatable bonds is 53. The summed E-state index contributed by atoms with van der Waals surface area (Å²) in [6.07, 6.45) is 43.3. The molecule has 12 heteroatoms. The monoisotopic (exact) mass is 1040 g/mol. The summed E-state index contributed by atoms with van der Waals surface area (Å²) in [6.45, 7) is 6.00. The Morgan fingerprint density at radius 2 is 0.781 bits per heavy atom. The second-order valence-electron chi connectivity index (χ2n) is 21.4. The molecule has 0 aromatic rings. The Hall–Kier alpha value is -2.54. The van der Waals surface area contributed by atoms with Crippen LogP contribution in [0.2, 0.25) is 0 Å². The Morgan fingerprint density at radius 3 is 1.16 bits per heavy atom. The fraction of sp³-hybridized carbons (Fsp3) is 0.902. The standard InChI is InChI=1S/C61H112O12/c1-4-7-10-13-16-19-21-23-25-27-29-31-33-36-38-41-44-47-53(62)69-50-52(71-54(63)48-45-42-39-35-18-15-12-9-6-3)51-70-61-59(57(66)56(65)58(73-61)60(67)68)72-55(64)49-46-43-40-37-34-32-30-28-26-24-22-20-17-14-11-8-5-2/h24,26,52,56-59,61,65-66H,4-23,25,27-51H2,1-3H3,(H,67,68)/b26-24-. The van der Waals surface area contributed by atoms with Gasteiger partial charge in [0.05, 0.1) is 6.61 Å². The molecular formula is C61H112O12. The zero-order valence-electron chi connectivity index (χ0n) is 47.2. The predicted octanol–water partition coefficient (Wildman–Crippen LogP) is 15.7. The summed E-state index contributed by atoms with van der Waals surface area (Å²) in [5.41, 5.74) is 0. The fourth-order valence-corrected chi connectivity index (χ4v) is 9.60.